The summed E-state index contributed by atoms with van der Waals surface area (Å²) in [5, 5.41) is 10.8. The van der Waals surface area contributed by atoms with Crippen LogP contribution >= 0.6 is 0 Å². The van der Waals surface area contributed by atoms with Gasteiger partial charge in [0.05, 0.1) is 24.4 Å². The van der Waals surface area contributed by atoms with Crippen LogP contribution in [-0.4, -0.2) is 96.4 Å². The molecule has 252 valence electrons. The number of amides is 3. The van der Waals surface area contributed by atoms with Gasteiger partial charge in [0.2, 0.25) is 0 Å². The molecule has 12 nitrogen and oxygen atoms in total. The molecule has 2 N–H and O–H groups in total. The van der Waals surface area contributed by atoms with Crippen LogP contribution in [0.1, 0.15) is 28.2 Å². The second kappa shape index (κ2) is 13.7. The number of rotatable bonds is 7. The molecule has 1 atom stereocenters. The number of benzene rings is 3. The number of nitrogens with zero attached hydrogens (tertiary/aromatic N) is 6. The monoisotopic (exact) mass is 660 g/mol. The van der Waals surface area contributed by atoms with Crippen molar-refractivity contribution >= 4 is 40.0 Å². The molecular formula is C37H40N8O4. The van der Waals surface area contributed by atoms with Gasteiger partial charge in [0, 0.05) is 65.7 Å². The van der Waals surface area contributed by atoms with Gasteiger partial charge >= 0.3 is 6.03 Å². The number of likely N-dealkylation sites (tertiary alicyclic amines) is 1. The van der Waals surface area contributed by atoms with Gasteiger partial charge in [-0.2, -0.15) is 0 Å². The number of anilines is 3. The summed E-state index contributed by atoms with van der Waals surface area (Å²) in [4.78, 5) is 42.1. The number of carbonyl (C=O) groups is 2. The normalized spacial score (nSPS) is 16.4. The summed E-state index contributed by atoms with van der Waals surface area (Å²) in [5.41, 5.74) is 6.23. The zero-order chi connectivity index (χ0) is 34.1. The maximum absolute atomic E-state index is 13.0. The summed E-state index contributed by atoms with van der Waals surface area (Å²) in [6.45, 7) is 8.07. The molecule has 0 aliphatic carbocycles. The van der Waals surface area contributed by atoms with Crippen LogP contribution in [0, 0.1) is 13.8 Å². The van der Waals surface area contributed by atoms with Gasteiger partial charge < -0.3 is 34.6 Å². The molecule has 2 aromatic heterocycles. The Kier molecular flexibility index (Phi) is 8.98. The summed E-state index contributed by atoms with van der Waals surface area (Å²) in [6.07, 6.45) is 0.968. The van der Waals surface area contributed by atoms with E-state index in [1.165, 1.54) is 0 Å². The van der Waals surface area contributed by atoms with E-state index in [0.29, 0.717) is 42.0 Å². The van der Waals surface area contributed by atoms with E-state index in [4.69, 9.17) is 19.2 Å². The van der Waals surface area contributed by atoms with Gasteiger partial charge in [0.25, 0.3) is 5.91 Å². The minimum Gasteiger partial charge on any atom is -0.378 e. The molecule has 2 saturated heterocycles. The minimum atomic E-state index is -0.386. The number of aryl methyl sites for hydroxylation is 2. The van der Waals surface area contributed by atoms with Gasteiger partial charge in [-0.25, -0.2) is 14.8 Å². The Morgan fingerprint density at radius 2 is 1.53 bits per heavy atom. The lowest BCUT2D eigenvalue weighted by Crippen LogP contribution is -2.37. The van der Waals surface area contributed by atoms with Gasteiger partial charge in [-0.3, -0.25) is 4.79 Å². The zero-order valence-corrected chi connectivity index (χ0v) is 28.2. The molecule has 0 radical (unpaired) electrons. The largest absolute Gasteiger partial charge is 0.378 e. The van der Waals surface area contributed by atoms with Gasteiger partial charge in [-0.05, 0) is 101 Å². The molecule has 49 heavy (non-hydrogen) atoms. The number of carbonyl (C=O) groups excluding carboxylic acids is 2. The van der Waals surface area contributed by atoms with Crippen molar-refractivity contribution in [2.45, 2.75) is 26.3 Å². The molecule has 0 spiro atoms. The van der Waals surface area contributed by atoms with Crippen LogP contribution in [-0.2, 0) is 4.74 Å². The summed E-state index contributed by atoms with van der Waals surface area (Å²) in [7, 11) is 4.08. The average molecular weight is 661 g/mol. The molecule has 4 heterocycles. The highest BCUT2D eigenvalue weighted by molar-refractivity contribution is 6.01. The first-order valence-corrected chi connectivity index (χ1v) is 16.6. The number of urea groups is 1. The maximum Gasteiger partial charge on any atom is 0.323 e. The van der Waals surface area contributed by atoms with Gasteiger partial charge in [-0.1, -0.05) is 11.2 Å². The first-order chi connectivity index (χ1) is 23.7. The molecule has 0 bridgehead atoms. The standard InChI is InChI=1S/C37H40N8O4/c1-23-33(24(2)49-42-23)27-9-14-31-32(21-27)40-34(41-35(31)44-17-19-48-20-18-44)25-5-10-28(11-6-25)38-37(47)39-29-12-7-26(8-13-29)36(46)45-16-15-30(22-45)43(3)4/h5-14,21,30H,15-20,22H2,1-4H3,(H2,38,39,47)/t30-/m0/s1. The van der Waals surface area contributed by atoms with Crippen LogP contribution in [0.15, 0.2) is 71.3 Å². The molecule has 3 aromatic carbocycles. The van der Waals surface area contributed by atoms with Crippen molar-refractivity contribution < 1.29 is 18.8 Å². The average Bonchev–Trinajstić information content (AvgIpc) is 3.75. The van der Waals surface area contributed by atoms with E-state index >= 15 is 0 Å². The number of hydrogen-bond donors (Lipinski definition) is 2. The van der Waals surface area contributed by atoms with E-state index in [1.807, 2.05) is 57.1 Å². The fraction of sp³-hybridized carbons (Fsp3) is 0.324. The molecular weight excluding hydrogens is 620 g/mol. The Labute approximate surface area is 285 Å². The second-order valence-electron chi connectivity index (χ2n) is 12.8. The van der Waals surface area contributed by atoms with Crippen LogP contribution in [0.2, 0.25) is 0 Å². The SMILES string of the molecule is Cc1noc(C)c1-c1ccc2c(N3CCOCC3)nc(-c3ccc(NC(=O)Nc4ccc(C(=O)N5CC[C@H](N(C)C)C5)cc4)cc3)nc2c1. The van der Waals surface area contributed by atoms with E-state index in [0.717, 1.165) is 77.5 Å². The van der Waals surface area contributed by atoms with Crippen molar-refractivity contribution in [3.63, 3.8) is 0 Å². The van der Waals surface area contributed by atoms with Gasteiger partial charge in [-0.15, -0.1) is 0 Å². The van der Waals surface area contributed by atoms with Crippen molar-refractivity contribution in [3.05, 3.63) is 83.7 Å². The van der Waals surface area contributed by atoms with Crippen molar-refractivity contribution in [2.75, 3.05) is 69.0 Å². The van der Waals surface area contributed by atoms with Crippen molar-refractivity contribution in [1.29, 1.82) is 0 Å². The zero-order valence-electron chi connectivity index (χ0n) is 28.2. The molecule has 0 saturated carbocycles. The number of nitrogens with one attached hydrogen (secondary N) is 2. The number of morpholine rings is 1. The number of aromatic nitrogens is 3. The molecule has 2 aliphatic heterocycles. The van der Waals surface area contributed by atoms with Crippen LogP contribution < -0.4 is 15.5 Å². The highest BCUT2D eigenvalue weighted by Gasteiger charge is 2.28. The van der Waals surface area contributed by atoms with Crippen LogP contribution in [0.25, 0.3) is 33.4 Å². The fourth-order valence-electron chi connectivity index (χ4n) is 6.53. The highest BCUT2D eigenvalue weighted by atomic mass is 16.5. The van der Waals surface area contributed by atoms with Crippen molar-refractivity contribution in [3.8, 4) is 22.5 Å². The first-order valence-electron chi connectivity index (χ1n) is 16.6. The number of ether oxygens (including phenoxy) is 1. The third kappa shape index (κ3) is 6.83. The fourth-order valence-corrected chi connectivity index (χ4v) is 6.53. The van der Waals surface area contributed by atoms with E-state index in [1.54, 1.807) is 24.3 Å². The molecule has 2 fully saturated rings. The van der Waals surface area contributed by atoms with Crippen LogP contribution in [0.4, 0.5) is 22.0 Å². The van der Waals surface area contributed by atoms with E-state index in [9.17, 15) is 9.59 Å². The van der Waals surface area contributed by atoms with Crippen LogP contribution in [0.3, 0.4) is 0 Å². The lowest BCUT2D eigenvalue weighted by Gasteiger charge is -2.29. The van der Waals surface area contributed by atoms with E-state index in [-0.39, 0.29) is 11.9 Å². The van der Waals surface area contributed by atoms with Crippen molar-refractivity contribution in [1.82, 2.24) is 24.9 Å². The predicted octanol–water partition coefficient (Wildman–Crippen LogP) is 5.83. The minimum absolute atomic E-state index is 0.00814. The molecule has 3 amide bonds. The van der Waals surface area contributed by atoms with Crippen LogP contribution in [0.5, 0.6) is 0 Å². The molecule has 12 heteroatoms. The predicted molar refractivity (Wildman–Crippen MR) is 190 cm³/mol. The molecule has 7 rings (SSSR count). The maximum atomic E-state index is 13.0. The second-order valence-corrected chi connectivity index (χ2v) is 12.8. The van der Waals surface area contributed by atoms with E-state index < -0.39 is 0 Å². The number of likely N-dealkylation sites (N-methyl/N-ethyl adjacent to an activating group) is 1. The summed E-state index contributed by atoms with van der Waals surface area (Å²) < 4.78 is 11.0. The summed E-state index contributed by atoms with van der Waals surface area (Å²) in [5.74, 6) is 2.21. The third-order valence-electron chi connectivity index (χ3n) is 9.28. The Bertz CT molecular complexity index is 1970. The molecule has 0 unspecified atom stereocenters. The summed E-state index contributed by atoms with van der Waals surface area (Å²) in [6, 6.07) is 20.6. The first kappa shape index (κ1) is 32.2. The quantitative estimate of drug-likeness (QED) is 0.222. The number of hydrogen-bond acceptors (Lipinski definition) is 9. The number of fused-ring (bicyclic) bond motifs is 1. The Hall–Kier alpha value is -5.33. The summed E-state index contributed by atoms with van der Waals surface area (Å²) >= 11 is 0. The van der Waals surface area contributed by atoms with E-state index in [2.05, 4.69) is 43.8 Å². The van der Waals surface area contributed by atoms with Crippen molar-refractivity contribution in [2.24, 2.45) is 0 Å². The molecule has 5 aromatic rings. The molecule has 2 aliphatic rings. The van der Waals surface area contributed by atoms with Gasteiger partial charge in [0.1, 0.15) is 11.6 Å². The Balaban J connectivity index is 1.06. The third-order valence-corrected chi connectivity index (χ3v) is 9.28. The highest BCUT2D eigenvalue weighted by Crippen LogP contribution is 2.34. The Morgan fingerprint density at radius 3 is 2.16 bits per heavy atom. The lowest BCUT2D eigenvalue weighted by atomic mass is 10.0. The Morgan fingerprint density at radius 1 is 0.857 bits per heavy atom. The lowest BCUT2D eigenvalue weighted by molar-refractivity contribution is 0.0783. The topological polar surface area (TPSA) is 129 Å². The smallest absolute Gasteiger partial charge is 0.323 e. The van der Waals surface area contributed by atoms with Gasteiger partial charge in [0.15, 0.2) is 5.82 Å².